The molecule has 0 bridgehead atoms. The molecule has 9 rings (SSSR count). The molecule has 0 heterocycles. The molecule has 0 N–H and O–H groups in total. The summed E-state index contributed by atoms with van der Waals surface area (Å²) in [6.45, 7) is 18.0. The normalized spacial score (nSPS) is 16.7. The fourth-order valence-corrected chi connectivity index (χ4v) is 10.7. The average molecular weight is 908 g/mol. The molecule has 0 aliphatic heterocycles. The molecule has 57 heavy (non-hydrogen) atoms. The molecule has 292 valence electrons. The molecule has 0 amide bonds. The molecule has 0 saturated carbocycles. The number of allylic oxidation sites excluding steroid dienone is 8. The second-order valence-corrected chi connectivity index (χ2v) is 19.4. The Balaban J connectivity index is 0.000000170. The van der Waals surface area contributed by atoms with Crippen LogP contribution < -0.4 is 0 Å². The summed E-state index contributed by atoms with van der Waals surface area (Å²) in [6.07, 6.45) is 12.8. The van der Waals surface area contributed by atoms with Crippen LogP contribution in [0.2, 0.25) is 10.0 Å². The Bertz CT molecular complexity index is 2340. The number of benzene rings is 5. The monoisotopic (exact) mass is 904 g/mol. The van der Waals surface area contributed by atoms with Gasteiger partial charge in [-0.05, 0) is 58.4 Å². The SMILES string of the molecule is CC1=[C-]C(C)(C)c2cc3c(cc21)-c1cc2c(cc1C3)C(C)(C)C=C2C.CC1=[C-]C(C)C=C1c1ccccc1.Cl.Cl.Clc1ccc([CH]=[Zr]=[CH]c2ccc(Cl)cc2)cc1. The van der Waals surface area contributed by atoms with Gasteiger partial charge in [-0.1, -0.05) is 108 Å². The predicted octanol–water partition coefficient (Wildman–Crippen LogP) is 14.8. The number of fused-ring (bicyclic) bond motifs is 5. The first kappa shape index (κ1) is 44.9. The van der Waals surface area contributed by atoms with Crippen molar-refractivity contribution >= 4 is 72.2 Å². The topological polar surface area (TPSA) is 0 Å². The quantitative estimate of drug-likeness (QED) is 0.155. The van der Waals surface area contributed by atoms with E-state index in [9.17, 15) is 0 Å². The summed E-state index contributed by atoms with van der Waals surface area (Å²) >= 11 is 11.0. The Morgan fingerprint density at radius 3 is 1.70 bits per heavy atom. The van der Waals surface area contributed by atoms with Crippen LogP contribution in [0.5, 0.6) is 0 Å². The zero-order valence-corrected chi connectivity index (χ0v) is 39.6. The predicted molar refractivity (Wildman–Crippen MR) is 250 cm³/mol. The van der Waals surface area contributed by atoms with E-state index in [-0.39, 0.29) is 35.6 Å². The van der Waals surface area contributed by atoms with Crippen molar-refractivity contribution in [3.63, 3.8) is 0 Å². The van der Waals surface area contributed by atoms with Gasteiger partial charge in [-0.15, -0.1) is 42.0 Å². The Labute approximate surface area is 374 Å². The molecule has 5 heteroatoms. The van der Waals surface area contributed by atoms with Gasteiger partial charge in [0.1, 0.15) is 0 Å². The van der Waals surface area contributed by atoms with Crippen molar-refractivity contribution in [2.24, 2.45) is 5.92 Å². The van der Waals surface area contributed by atoms with Crippen LogP contribution in [0.4, 0.5) is 0 Å². The van der Waals surface area contributed by atoms with Crippen molar-refractivity contribution in [2.75, 3.05) is 0 Å². The third-order valence-corrected chi connectivity index (χ3v) is 14.0. The van der Waals surface area contributed by atoms with E-state index in [4.69, 9.17) is 23.2 Å². The van der Waals surface area contributed by atoms with Gasteiger partial charge in [0.05, 0.1) is 0 Å². The Kier molecular flexibility index (Phi) is 14.5. The molecule has 0 nitrogen and oxygen atoms in total. The molecule has 0 spiro atoms. The van der Waals surface area contributed by atoms with Crippen LogP contribution in [0.15, 0.2) is 121 Å². The van der Waals surface area contributed by atoms with Crippen molar-refractivity contribution in [3.05, 3.63) is 193 Å². The average Bonchev–Trinajstić information content (AvgIpc) is 3.82. The van der Waals surface area contributed by atoms with Gasteiger partial charge in [-0.3, -0.25) is 12.2 Å². The first-order valence-electron chi connectivity index (χ1n) is 19.2. The summed E-state index contributed by atoms with van der Waals surface area (Å²) in [6, 6.07) is 36.2. The molecule has 4 aliphatic rings. The number of hydrogen-bond donors (Lipinski definition) is 0. The molecule has 0 saturated heterocycles. The molecule has 5 aromatic rings. The third-order valence-electron chi connectivity index (χ3n) is 11.0. The number of halogens is 4. The van der Waals surface area contributed by atoms with Crippen LogP contribution >= 0.6 is 48.0 Å². The van der Waals surface area contributed by atoms with E-state index >= 15 is 0 Å². The van der Waals surface area contributed by atoms with Crippen molar-refractivity contribution in [3.8, 4) is 11.1 Å². The third kappa shape index (κ3) is 10.0. The maximum atomic E-state index is 5.84. The molecular formula is C52H50Cl4Zr-2. The summed E-state index contributed by atoms with van der Waals surface area (Å²) < 4.78 is 4.66. The van der Waals surface area contributed by atoms with Crippen LogP contribution in [-0.2, 0) is 39.5 Å². The molecule has 0 fully saturated rings. The Morgan fingerprint density at radius 1 is 0.649 bits per heavy atom. The van der Waals surface area contributed by atoms with E-state index in [2.05, 4.69) is 160 Å². The molecule has 0 radical (unpaired) electrons. The van der Waals surface area contributed by atoms with Crippen LogP contribution in [0.25, 0.3) is 27.8 Å². The second kappa shape index (κ2) is 18.4. The van der Waals surface area contributed by atoms with Gasteiger partial charge in [0.2, 0.25) is 0 Å². The summed E-state index contributed by atoms with van der Waals surface area (Å²) in [5, 5.41) is 1.57. The van der Waals surface area contributed by atoms with Crippen molar-refractivity contribution < 1.29 is 22.3 Å². The number of hydrogen-bond acceptors (Lipinski definition) is 0. The van der Waals surface area contributed by atoms with E-state index in [0.29, 0.717) is 5.92 Å². The van der Waals surface area contributed by atoms with Crippen LogP contribution in [0, 0.1) is 18.1 Å². The molecule has 0 aromatic heterocycles. The van der Waals surface area contributed by atoms with Gasteiger partial charge >= 0.3 is 123 Å². The van der Waals surface area contributed by atoms with Gasteiger partial charge in [-0.25, -0.2) is 11.1 Å². The number of rotatable bonds is 3. The fourth-order valence-electron chi connectivity index (χ4n) is 8.39. The zero-order valence-electron chi connectivity index (χ0n) is 34.0. The van der Waals surface area contributed by atoms with Crippen molar-refractivity contribution in [2.45, 2.75) is 72.6 Å². The van der Waals surface area contributed by atoms with Gasteiger partial charge in [0, 0.05) is 5.41 Å². The van der Waals surface area contributed by atoms with E-state index in [1.165, 1.54) is 83.5 Å². The Hall–Kier alpha value is -3.16. The maximum absolute atomic E-state index is 5.84. The van der Waals surface area contributed by atoms with Gasteiger partial charge in [-0.2, -0.15) is 17.2 Å². The van der Waals surface area contributed by atoms with Crippen molar-refractivity contribution in [1.29, 1.82) is 0 Å². The second-order valence-electron chi connectivity index (χ2n) is 16.3. The van der Waals surface area contributed by atoms with Crippen LogP contribution in [0.3, 0.4) is 0 Å². The standard InChI is InChI=1S/C25H25.C13H13.2C7H5Cl.2ClH.Zr/c1-14-12-24(3,4)22-8-16-7-17-9-23-19(15(2)13-25(23,5)6)11-21(17)20(16)10-18(14)22;1-10-8-11(2)13(9-10)12-6-4-3-5-7-12;2*1-6-2-4-7(8)5-3-6;;;/h8-12H,7H2,1-6H3;3-7,9-10H,1-2H3;2*1-5H;2*1H;/q2*-1;;;;;. The Morgan fingerprint density at radius 2 is 1.18 bits per heavy atom. The fraction of sp³-hybridized carbons (Fsp3) is 0.231. The molecule has 4 aliphatic carbocycles. The molecule has 5 aromatic carbocycles. The van der Waals surface area contributed by atoms with Crippen LogP contribution in [0.1, 0.15) is 105 Å². The first-order chi connectivity index (χ1) is 26.2. The summed E-state index contributed by atoms with van der Waals surface area (Å²) in [4.78, 5) is 0. The molecule has 1 unspecified atom stereocenters. The van der Waals surface area contributed by atoms with Crippen molar-refractivity contribution in [1.82, 2.24) is 0 Å². The minimum absolute atomic E-state index is 0. The van der Waals surface area contributed by atoms with E-state index in [0.717, 1.165) is 16.5 Å². The van der Waals surface area contributed by atoms with E-state index in [1.807, 2.05) is 30.3 Å². The molecular weight excluding hydrogens is 858 g/mol. The zero-order chi connectivity index (χ0) is 39.1. The van der Waals surface area contributed by atoms with E-state index < -0.39 is 22.3 Å². The van der Waals surface area contributed by atoms with Gasteiger partial charge in [0.25, 0.3) is 0 Å². The summed E-state index contributed by atoms with van der Waals surface area (Å²) in [5.74, 6) is 0.468. The van der Waals surface area contributed by atoms with Gasteiger partial charge < -0.3 is 0 Å². The molecule has 1 atom stereocenters. The summed E-state index contributed by atoms with van der Waals surface area (Å²) in [5.41, 5.74) is 21.0. The minimum atomic E-state index is -0.623. The first-order valence-corrected chi connectivity index (χ1v) is 22.8. The van der Waals surface area contributed by atoms with Crippen LogP contribution in [-0.4, -0.2) is 7.42 Å². The van der Waals surface area contributed by atoms with E-state index in [1.54, 1.807) is 0 Å². The summed E-state index contributed by atoms with van der Waals surface area (Å²) in [7, 11) is 0. The van der Waals surface area contributed by atoms with Gasteiger partial charge in [0.15, 0.2) is 0 Å².